The largest absolute Gasteiger partial charge is 0.397 e. The van der Waals surface area contributed by atoms with E-state index >= 15 is 0 Å². The zero-order valence-corrected chi connectivity index (χ0v) is 12.6. The number of nitrogen functional groups attached to an aromatic ring is 1. The molecule has 2 saturated heterocycles. The van der Waals surface area contributed by atoms with Crippen LogP contribution in [0.15, 0.2) is 18.2 Å². The lowest BCUT2D eigenvalue weighted by Crippen LogP contribution is -2.38. The minimum atomic E-state index is 0.693. The zero-order chi connectivity index (χ0) is 14.7. The van der Waals surface area contributed by atoms with E-state index in [2.05, 4.69) is 15.9 Å². The predicted molar refractivity (Wildman–Crippen MR) is 86.2 cm³/mol. The van der Waals surface area contributed by atoms with Crippen LogP contribution in [0.3, 0.4) is 0 Å². The SMILES string of the molecule is N#Cc1ccc(N)c(N2CCC(CN3CCCC3)CC2)c1. The lowest BCUT2D eigenvalue weighted by atomic mass is 9.95. The van der Waals surface area contributed by atoms with Crippen molar-refractivity contribution in [2.45, 2.75) is 25.7 Å². The number of benzene rings is 1. The van der Waals surface area contributed by atoms with E-state index in [-0.39, 0.29) is 0 Å². The molecule has 2 aliphatic heterocycles. The maximum absolute atomic E-state index is 9.04. The molecular formula is C17H24N4. The van der Waals surface area contributed by atoms with Gasteiger partial charge in [0.1, 0.15) is 0 Å². The first-order valence-corrected chi connectivity index (χ1v) is 8.03. The van der Waals surface area contributed by atoms with Crippen molar-refractivity contribution in [2.24, 2.45) is 5.92 Å². The topological polar surface area (TPSA) is 56.3 Å². The van der Waals surface area contributed by atoms with Crippen LogP contribution < -0.4 is 10.6 Å². The summed E-state index contributed by atoms with van der Waals surface area (Å²) in [5, 5.41) is 9.04. The van der Waals surface area contributed by atoms with E-state index in [9.17, 15) is 0 Å². The summed E-state index contributed by atoms with van der Waals surface area (Å²) in [4.78, 5) is 4.96. The Morgan fingerprint density at radius 2 is 1.86 bits per heavy atom. The fourth-order valence-electron chi connectivity index (χ4n) is 3.57. The van der Waals surface area contributed by atoms with E-state index < -0.39 is 0 Å². The second-order valence-corrected chi connectivity index (χ2v) is 6.32. The quantitative estimate of drug-likeness (QED) is 0.866. The molecule has 0 radical (unpaired) electrons. The molecule has 0 bridgehead atoms. The monoisotopic (exact) mass is 284 g/mol. The highest BCUT2D eigenvalue weighted by Gasteiger charge is 2.23. The van der Waals surface area contributed by atoms with Crippen molar-refractivity contribution in [1.29, 1.82) is 5.26 Å². The Hall–Kier alpha value is -1.73. The van der Waals surface area contributed by atoms with E-state index in [4.69, 9.17) is 11.0 Å². The highest BCUT2D eigenvalue weighted by atomic mass is 15.2. The van der Waals surface area contributed by atoms with Crippen LogP contribution in [0, 0.1) is 17.2 Å². The molecule has 0 unspecified atom stereocenters. The first-order valence-electron chi connectivity index (χ1n) is 8.03. The minimum Gasteiger partial charge on any atom is -0.397 e. The Morgan fingerprint density at radius 3 is 2.52 bits per heavy atom. The minimum absolute atomic E-state index is 0.693. The molecule has 0 saturated carbocycles. The normalized spacial score (nSPS) is 20.6. The van der Waals surface area contributed by atoms with E-state index in [0.717, 1.165) is 30.4 Å². The summed E-state index contributed by atoms with van der Waals surface area (Å²) in [5.74, 6) is 0.819. The summed E-state index contributed by atoms with van der Waals surface area (Å²) in [6, 6.07) is 7.77. The van der Waals surface area contributed by atoms with Gasteiger partial charge in [0.25, 0.3) is 0 Å². The summed E-state index contributed by atoms with van der Waals surface area (Å²) in [5.41, 5.74) is 8.60. The van der Waals surface area contributed by atoms with E-state index in [1.165, 1.54) is 45.3 Å². The summed E-state index contributed by atoms with van der Waals surface area (Å²) in [6.07, 6.45) is 5.20. The lowest BCUT2D eigenvalue weighted by Gasteiger charge is -2.35. The first kappa shape index (κ1) is 14.2. The number of nitrogens with two attached hydrogens (primary N) is 1. The third-order valence-corrected chi connectivity index (χ3v) is 4.83. The van der Waals surface area contributed by atoms with Crippen molar-refractivity contribution in [1.82, 2.24) is 4.90 Å². The molecule has 0 spiro atoms. The van der Waals surface area contributed by atoms with Gasteiger partial charge < -0.3 is 15.5 Å². The van der Waals surface area contributed by atoms with Gasteiger partial charge in [-0.25, -0.2) is 0 Å². The zero-order valence-electron chi connectivity index (χ0n) is 12.6. The van der Waals surface area contributed by atoms with Gasteiger partial charge in [0.2, 0.25) is 0 Å². The Morgan fingerprint density at radius 1 is 1.14 bits per heavy atom. The number of piperidine rings is 1. The van der Waals surface area contributed by atoms with Crippen LogP contribution in [0.4, 0.5) is 11.4 Å². The van der Waals surface area contributed by atoms with Crippen LogP contribution in [-0.4, -0.2) is 37.6 Å². The molecule has 2 heterocycles. The van der Waals surface area contributed by atoms with Crippen LogP contribution >= 0.6 is 0 Å². The van der Waals surface area contributed by atoms with Gasteiger partial charge in [-0.15, -0.1) is 0 Å². The summed E-state index contributed by atoms with van der Waals surface area (Å²) in [6.45, 7) is 5.95. The smallest absolute Gasteiger partial charge is 0.0992 e. The van der Waals surface area contributed by atoms with Gasteiger partial charge in [-0.05, 0) is 62.9 Å². The third kappa shape index (κ3) is 3.30. The lowest BCUT2D eigenvalue weighted by molar-refractivity contribution is 0.249. The van der Waals surface area contributed by atoms with Gasteiger partial charge in [-0.1, -0.05) is 0 Å². The van der Waals surface area contributed by atoms with Crippen LogP contribution in [0.25, 0.3) is 0 Å². The maximum atomic E-state index is 9.04. The second kappa shape index (κ2) is 6.36. The molecule has 4 nitrogen and oxygen atoms in total. The highest BCUT2D eigenvalue weighted by molar-refractivity contribution is 5.69. The van der Waals surface area contributed by atoms with Crippen molar-refractivity contribution < 1.29 is 0 Å². The molecule has 0 atom stereocenters. The van der Waals surface area contributed by atoms with Gasteiger partial charge in [0.05, 0.1) is 23.0 Å². The Bertz CT molecular complexity index is 520. The summed E-state index contributed by atoms with van der Waals surface area (Å²) < 4.78 is 0. The van der Waals surface area contributed by atoms with Gasteiger partial charge in [-0.3, -0.25) is 0 Å². The van der Waals surface area contributed by atoms with Crippen LogP contribution in [0.1, 0.15) is 31.2 Å². The predicted octanol–water partition coefficient (Wildman–Crippen LogP) is 2.45. The van der Waals surface area contributed by atoms with Crippen molar-refractivity contribution in [3.05, 3.63) is 23.8 Å². The summed E-state index contributed by atoms with van der Waals surface area (Å²) >= 11 is 0. The van der Waals surface area contributed by atoms with Crippen LogP contribution in [-0.2, 0) is 0 Å². The van der Waals surface area contributed by atoms with Crippen molar-refractivity contribution in [2.75, 3.05) is 43.4 Å². The van der Waals surface area contributed by atoms with Crippen molar-refractivity contribution >= 4 is 11.4 Å². The first-order chi connectivity index (χ1) is 10.3. The van der Waals surface area contributed by atoms with E-state index in [1.54, 1.807) is 6.07 Å². The molecule has 1 aromatic carbocycles. The van der Waals surface area contributed by atoms with Gasteiger partial charge in [0.15, 0.2) is 0 Å². The Balaban J connectivity index is 1.59. The molecule has 0 amide bonds. The van der Waals surface area contributed by atoms with Crippen molar-refractivity contribution in [3.63, 3.8) is 0 Å². The summed E-state index contributed by atoms with van der Waals surface area (Å²) in [7, 11) is 0. The molecule has 2 N–H and O–H groups in total. The van der Waals surface area contributed by atoms with Crippen LogP contribution in [0.2, 0.25) is 0 Å². The Labute approximate surface area is 127 Å². The average Bonchev–Trinajstić information content (AvgIpc) is 3.02. The number of anilines is 2. The molecule has 0 aromatic heterocycles. The number of hydrogen-bond donors (Lipinski definition) is 1. The number of nitriles is 1. The van der Waals surface area contributed by atoms with E-state index in [0.29, 0.717) is 5.56 Å². The van der Waals surface area contributed by atoms with Gasteiger partial charge in [0, 0.05) is 19.6 Å². The second-order valence-electron chi connectivity index (χ2n) is 6.32. The molecule has 112 valence electrons. The van der Waals surface area contributed by atoms with Gasteiger partial charge >= 0.3 is 0 Å². The fourth-order valence-corrected chi connectivity index (χ4v) is 3.57. The number of rotatable bonds is 3. The number of nitrogens with zero attached hydrogens (tertiary/aromatic N) is 3. The van der Waals surface area contributed by atoms with Crippen LogP contribution in [0.5, 0.6) is 0 Å². The van der Waals surface area contributed by atoms with Gasteiger partial charge in [-0.2, -0.15) is 5.26 Å². The molecule has 3 rings (SSSR count). The average molecular weight is 284 g/mol. The Kier molecular flexibility index (Phi) is 4.31. The molecule has 0 aliphatic carbocycles. The fraction of sp³-hybridized carbons (Fsp3) is 0.588. The van der Waals surface area contributed by atoms with Crippen molar-refractivity contribution in [3.8, 4) is 6.07 Å². The molecule has 21 heavy (non-hydrogen) atoms. The third-order valence-electron chi connectivity index (χ3n) is 4.83. The molecule has 4 heteroatoms. The van der Waals surface area contributed by atoms with E-state index in [1.807, 2.05) is 12.1 Å². The maximum Gasteiger partial charge on any atom is 0.0992 e. The molecule has 1 aromatic rings. The molecule has 2 aliphatic rings. The number of hydrogen-bond acceptors (Lipinski definition) is 4. The number of likely N-dealkylation sites (tertiary alicyclic amines) is 1. The molecule has 2 fully saturated rings. The molecular weight excluding hydrogens is 260 g/mol. The standard InChI is InChI=1S/C17H24N4/c18-12-15-3-4-16(19)17(11-15)21-9-5-14(6-10-21)13-20-7-1-2-8-20/h3-4,11,14H,1-2,5-10,13,19H2. The highest BCUT2D eigenvalue weighted by Crippen LogP contribution is 2.29.